The van der Waals surface area contributed by atoms with E-state index in [-0.39, 0.29) is 25.2 Å². The Morgan fingerprint density at radius 2 is 2.14 bits per heavy atom. The summed E-state index contributed by atoms with van der Waals surface area (Å²) >= 11 is 0. The van der Waals surface area contributed by atoms with E-state index in [0.29, 0.717) is 18.6 Å². The third kappa shape index (κ3) is 4.64. The first-order valence-corrected chi connectivity index (χ1v) is 7.37. The predicted molar refractivity (Wildman–Crippen MR) is 76.6 cm³/mol. The van der Waals surface area contributed by atoms with E-state index in [9.17, 15) is 18.0 Å². The molecule has 0 radical (unpaired) electrons. The molecule has 0 bridgehead atoms. The molecule has 0 spiro atoms. The molecule has 0 heterocycles. The molecule has 0 saturated heterocycles. The molecular weight excluding hydrogens is 295 g/mol. The Kier molecular flexibility index (Phi) is 5.32. The number of amides is 1. The van der Waals surface area contributed by atoms with Crippen LogP contribution in [0.3, 0.4) is 0 Å². The lowest BCUT2D eigenvalue weighted by molar-refractivity contribution is -0.184. The number of nitrogens with one attached hydrogen (secondary N) is 1. The number of methoxy groups -OCH3 is 1. The van der Waals surface area contributed by atoms with E-state index >= 15 is 0 Å². The first-order chi connectivity index (χ1) is 10.4. The zero-order chi connectivity index (χ0) is 16.2. The number of carbonyl (C=O) groups excluding carboxylic acids is 1. The minimum Gasteiger partial charge on any atom is -0.497 e. The lowest BCUT2D eigenvalue weighted by Gasteiger charge is -2.31. The van der Waals surface area contributed by atoms with Gasteiger partial charge in [0.15, 0.2) is 0 Å². The average Bonchev–Trinajstić information content (AvgIpc) is 2.46. The van der Waals surface area contributed by atoms with Gasteiger partial charge in [0.1, 0.15) is 5.75 Å². The van der Waals surface area contributed by atoms with Crippen LogP contribution < -0.4 is 10.1 Å². The largest absolute Gasteiger partial charge is 0.497 e. The summed E-state index contributed by atoms with van der Waals surface area (Å²) in [4.78, 5) is 12.0. The highest BCUT2D eigenvalue weighted by atomic mass is 19.4. The van der Waals surface area contributed by atoms with Crippen LogP contribution in [0.15, 0.2) is 24.3 Å². The summed E-state index contributed by atoms with van der Waals surface area (Å²) in [5, 5.41) is 2.73. The van der Waals surface area contributed by atoms with Gasteiger partial charge in [-0.3, -0.25) is 4.79 Å². The number of alkyl halides is 3. The van der Waals surface area contributed by atoms with Crippen molar-refractivity contribution in [2.45, 2.75) is 44.3 Å². The molecule has 1 aromatic rings. The number of carbonyl (C=O) groups is 1. The third-order valence-electron chi connectivity index (χ3n) is 4.00. The second-order valence-electron chi connectivity index (χ2n) is 5.70. The van der Waals surface area contributed by atoms with Crippen LogP contribution in [0.4, 0.5) is 13.2 Å². The van der Waals surface area contributed by atoms with Crippen LogP contribution in [0.5, 0.6) is 5.75 Å². The van der Waals surface area contributed by atoms with Gasteiger partial charge in [-0.15, -0.1) is 0 Å². The summed E-state index contributed by atoms with van der Waals surface area (Å²) in [6.45, 7) is 0. The van der Waals surface area contributed by atoms with Crippen LogP contribution in [-0.2, 0) is 11.2 Å². The van der Waals surface area contributed by atoms with Crippen molar-refractivity contribution in [1.82, 2.24) is 5.32 Å². The van der Waals surface area contributed by atoms with Gasteiger partial charge in [0.2, 0.25) is 5.91 Å². The van der Waals surface area contributed by atoms with Crippen molar-refractivity contribution < 1.29 is 22.7 Å². The molecule has 1 fully saturated rings. The summed E-state index contributed by atoms with van der Waals surface area (Å²) in [6, 6.07) is 6.71. The molecule has 2 unspecified atom stereocenters. The minimum atomic E-state index is -4.17. The number of benzene rings is 1. The van der Waals surface area contributed by atoms with Gasteiger partial charge in [-0.2, -0.15) is 13.2 Å². The minimum absolute atomic E-state index is 0.0205. The topological polar surface area (TPSA) is 38.3 Å². The van der Waals surface area contributed by atoms with Crippen molar-refractivity contribution in [3.63, 3.8) is 0 Å². The molecule has 1 saturated carbocycles. The van der Waals surface area contributed by atoms with Crippen LogP contribution >= 0.6 is 0 Å². The van der Waals surface area contributed by atoms with Crippen molar-refractivity contribution in [2.24, 2.45) is 5.92 Å². The lowest BCUT2D eigenvalue weighted by Crippen LogP contribution is -2.42. The van der Waals surface area contributed by atoms with E-state index < -0.39 is 18.1 Å². The highest BCUT2D eigenvalue weighted by Crippen LogP contribution is 2.37. The van der Waals surface area contributed by atoms with Crippen LogP contribution in [-0.4, -0.2) is 25.2 Å². The van der Waals surface area contributed by atoms with Crippen LogP contribution in [0, 0.1) is 5.92 Å². The van der Waals surface area contributed by atoms with E-state index in [1.165, 1.54) is 0 Å². The molecule has 1 aliphatic rings. The predicted octanol–water partition coefficient (Wildman–Crippen LogP) is 3.48. The normalized spacial score (nSPS) is 22.2. The number of ether oxygens (including phenoxy) is 1. The van der Waals surface area contributed by atoms with Gasteiger partial charge in [-0.25, -0.2) is 0 Å². The van der Waals surface area contributed by atoms with Crippen LogP contribution in [0.1, 0.15) is 31.2 Å². The highest BCUT2D eigenvalue weighted by Gasteiger charge is 2.42. The summed E-state index contributed by atoms with van der Waals surface area (Å²) in [6.07, 6.45) is -2.79. The number of hydrogen-bond donors (Lipinski definition) is 1. The van der Waals surface area contributed by atoms with Gasteiger partial charge in [-0.05, 0) is 37.0 Å². The molecular formula is C16H20F3NO2. The van der Waals surface area contributed by atoms with Gasteiger partial charge < -0.3 is 10.1 Å². The molecule has 1 aromatic carbocycles. The van der Waals surface area contributed by atoms with Gasteiger partial charge in [0.25, 0.3) is 0 Å². The Hall–Kier alpha value is -1.72. The van der Waals surface area contributed by atoms with Crippen LogP contribution in [0.25, 0.3) is 0 Å². The number of halogens is 3. The molecule has 2 rings (SSSR count). The number of hydrogen-bond acceptors (Lipinski definition) is 2. The smallest absolute Gasteiger partial charge is 0.391 e. The first kappa shape index (κ1) is 16.6. The van der Waals surface area contributed by atoms with Gasteiger partial charge in [0, 0.05) is 6.04 Å². The monoisotopic (exact) mass is 315 g/mol. The van der Waals surface area contributed by atoms with E-state index in [1.807, 2.05) is 0 Å². The summed E-state index contributed by atoms with van der Waals surface area (Å²) in [5.41, 5.74) is 0.778. The maximum atomic E-state index is 12.8. The molecule has 1 aliphatic carbocycles. The van der Waals surface area contributed by atoms with E-state index in [1.54, 1.807) is 31.4 Å². The van der Waals surface area contributed by atoms with Gasteiger partial charge in [-0.1, -0.05) is 18.6 Å². The fraction of sp³-hybridized carbons (Fsp3) is 0.562. The summed E-state index contributed by atoms with van der Waals surface area (Å²) in [7, 11) is 1.54. The van der Waals surface area contributed by atoms with Crippen molar-refractivity contribution >= 4 is 5.91 Å². The SMILES string of the molecule is COc1cccc(CC(=O)NC2CCCC(C(F)(F)F)C2)c1. The molecule has 1 amide bonds. The van der Waals surface area contributed by atoms with E-state index in [0.717, 1.165) is 5.56 Å². The molecule has 3 nitrogen and oxygen atoms in total. The van der Waals surface area contributed by atoms with E-state index in [2.05, 4.69) is 5.32 Å². The van der Waals surface area contributed by atoms with Crippen LogP contribution in [0.2, 0.25) is 0 Å². The molecule has 2 atom stereocenters. The van der Waals surface area contributed by atoms with Crippen molar-refractivity contribution in [3.8, 4) is 5.75 Å². The summed E-state index contributed by atoms with van der Waals surface area (Å²) in [5.74, 6) is -0.899. The Labute approximate surface area is 127 Å². The lowest BCUT2D eigenvalue weighted by atomic mass is 9.85. The van der Waals surface area contributed by atoms with Gasteiger partial charge >= 0.3 is 6.18 Å². The Balaban J connectivity index is 1.88. The van der Waals surface area contributed by atoms with Crippen molar-refractivity contribution in [1.29, 1.82) is 0 Å². The standard InChI is InChI=1S/C16H20F3NO2/c1-22-14-7-2-4-11(8-14)9-15(21)20-13-6-3-5-12(10-13)16(17,18)19/h2,4,7-8,12-13H,3,5-6,9-10H2,1H3,(H,20,21). The van der Waals surface area contributed by atoms with Gasteiger partial charge in [0.05, 0.1) is 19.4 Å². The zero-order valence-electron chi connectivity index (χ0n) is 12.5. The molecule has 6 heteroatoms. The molecule has 122 valence electrons. The maximum Gasteiger partial charge on any atom is 0.391 e. The quantitative estimate of drug-likeness (QED) is 0.924. The second-order valence-corrected chi connectivity index (χ2v) is 5.70. The Morgan fingerprint density at radius 3 is 2.82 bits per heavy atom. The zero-order valence-corrected chi connectivity index (χ0v) is 12.5. The molecule has 0 aromatic heterocycles. The first-order valence-electron chi connectivity index (χ1n) is 7.37. The number of rotatable bonds is 4. The fourth-order valence-corrected chi connectivity index (χ4v) is 2.86. The van der Waals surface area contributed by atoms with Crippen molar-refractivity contribution in [2.75, 3.05) is 7.11 Å². The van der Waals surface area contributed by atoms with E-state index in [4.69, 9.17) is 4.74 Å². The second kappa shape index (κ2) is 7.03. The fourth-order valence-electron chi connectivity index (χ4n) is 2.86. The average molecular weight is 315 g/mol. The Bertz CT molecular complexity index is 516. The summed E-state index contributed by atoms with van der Waals surface area (Å²) < 4.78 is 43.3. The third-order valence-corrected chi connectivity index (χ3v) is 4.00. The molecule has 1 N–H and O–H groups in total. The maximum absolute atomic E-state index is 12.8. The molecule has 0 aliphatic heterocycles. The highest BCUT2D eigenvalue weighted by molar-refractivity contribution is 5.79. The van der Waals surface area contributed by atoms with Crippen molar-refractivity contribution in [3.05, 3.63) is 29.8 Å². The molecule has 22 heavy (non-hydrogen) atoms. The Morgan fingerprint density at radius 1 is 1.36 bits per heavy atom.